The van der Waals surface area contributed by atoms with Crippen LogP contribution in [0.1, 0.15) is 39.7 Å². The Morgan fingerprint density at radius 1 is 1.43 bits per heavy atom. The fourth-order valence-corrected chi connectivity index (χ4v) is 2.98. The summed E-state index contributed by atoms with van der Waals surface area (Å²) in [6, 6.07) is 10.0. The number of alkyl carbamates (subject to hydrolysis) is 1. The monoisotopic (exact) mass is 291 g/mol. The maximum atomic E-state index is 11.7. The van der Waals surface area contributed by atoms with Gasteiger partial charge < -0.3 is 15.2 Å². The number of carbonyl (C=O) groups is 1. The summed E-state index contributed by atoms with van der Waals surface area (Å²) in [5.74, 6) is 0.243. The number of nitrogens with one attached hydrogen (secondary N) is 1. The number of aliphatic hydroxyl groups excluding tert-OH is 1. The molecule has 1 aromatic rings. The Labute approximate surface area is 126 Å². The van der Waals surface area contributed by atoms with E-state index in [1.165, 1.54) is 0 Å². The summed E-state index contributed by atoms with van der Waals surface area (Å²) >= 11 is 0. The van der Waals surface area contributed by atoms with E-state index < -0.39 is 17.8 Å². The highest BCUT2D eigenvalue weighted by molar-refractivity contribution is 5.67. The molecule has 0 spiro atoms. The van der Waals surface area contributed by atoms with Crippen molar-refractivity contribution in [1.29, 1.82) is 0 Å². The van der Waals surface area contributed by atoms with Crippen LogP contribution in [0.5, 0.6) is 0 Å². The van der Waals surface area contributed by atoms with Gasteiger partial charge in [0.15, 0.2) is 0 Å². The van der Waals surface area contributed by atoms with Gasteiger partial charge in [0.2, 0.25) is 0 Å². The third-order valence-corrected chi connectivity index (χ3v) is 4.10. The van der Waals surface area contributed by atoms with Crippen LogP contribution in [0.15, 0.2) is 30.3 Å². The number of benzene rings is 1. The lowest BCUT2D eigenvalue weighted by Crippen LogP contribution is -2.35. The van der Waals surface area contributed by atoms with Crippen LogP contribution in [-0.4, -0.2) is 29.4 Å². The molecule has 1 aromatic carbocycles. The molecule has 1 amide bonds. The third-order valence-electron chi connectivity index (χ3n) is 4.10. The zero-order valence-electron chi connectivity index (χ0n) is 13.2. The van der Waals surface area contributed by atoms with Crippen molar-refractivity contribution < 1.29 is 14.6 Å². The third kappa shape index (κ3) is 3.56. The normalized spacial score (nSPS) is 26.0. The van der Waals surface area contributed by atoms with E-state index in [0.717, 1.165) is 12.0 Å². The zero-order chi connectivity index (χ0) is 15.7. The predicted molar refractivity (Wildman–Crippen MR) is 82.1 cm³/mol. The van der Waals surface area contributed by atoms with Crippen molar-refractivity contribution in [3.05, 3.63) is 35.9 Å². The second kappa shape index (κ2) is 5.68. The lowest BCUT2D eigenvalue weighted by atomic mass is 9.88. The largest absolute Gasteiger partial charge is 0.444 e. The lowest BCUT2D eigenvalue weighted by molar-refractivity contribution is 0.0520. The van der Waals surface area contributed by atoms with E-state index in [9.17, 15) is 9.90 Å². The first-order chi connectivity index (χ1) is 9.75. The van der Waals surface area contributed by atoms with Gasteiger partial charge in [0.25, 0.3) is 0 Å². The molecular formula is C17H25NO3. The van der Waals surface area contributed by atoms with E-state index in [0.29, 0.717) is 6.54 Å². The predicted octanol–water partition coefficient (Wildman–Crippen LogP) is 2.85. The Balaban J connectivity index is 1.96. The van der Waals surface area contributed by atoms with Gasteiger partial charge >= 0.3 is 6.09 Å². The number of hydrogen-bond donors (Lipinski definition) is 2. The van der Waals surface area contributed by atoms with Crippen LogP contribution in [-0.2, 0) is 10.2 Å². The molecule has 21 heavy (non-hydrogen) atoms. The molecule has 0 aromatic heterocycles. The Morgan fingerprint density at radius 3 is 2.57 bits per heavy atom. The summed E-state index contributed by atoms with van der Waals surface area (Å²) in [5.41, 5.74) is 0.404. The molecule has 2 rings (SSSR count). The summed E-state index contributed by atoms with van der Waals surface area (Å²) in [5, 5.41) is 13.0. The van der Waals surface area contributed by atoms with Gasteiger partial charge in [-0.3, -0.25) is 0 Å². The summed E-state index contributed by atoms with van der Waals surface area (Å²) in [6.07, 6.45) is 0.0390. The Kier molecular flexibility index (Phi) is 4.28. The Hall–Kier alpha value is -1.55. The standard InChI is InChI=1S/C17H25NO3/c1-12(19)17(13-8-6-5-7-9-13)10-14(17)11-18-15(20)21-16(2,3)4/h5-9,12,14,19H,10-11H2,1-4H3,(H,18,20)/t12-,14+,17-/m1/s1. The molecule has 1 aliphatic rings. The number of carbonyl (C=O) groups excluding carboxylic acids is 1. The van der Waals surface area contributed by atoms with Crippen molar-refractivity contribution >= 4 is 6.09 Å². The molecule has 1 saturated carbocycles. The van der Waals surface area contributed by atoms with Crippen LogP contribution in [0.2, 0.25) is 0 Å². The number of aliphatic hydroxyl groups is 1. The summed E-state index contributed by atoms with van der Waals surface area (Å²) in [7, 11) is 0. The van der Waals surface area contributed by atoms with E-state index in [4.69, 9.17) is 4.74 Å². The number of amides is 1. The average Bonchev–Trinajstić information content (AvgIpc) is 3.11. The number of rotatable bonds is 4. The van der Waals surface area contributed by atoms with Gasteiger partial charge in [0.1, 0.15) is 5.60 Å². The summed E-state index contributed by atoms with van der Waals surface area (Å²) in [6.45, 7) is 7.87. The first-order valence-corrected chi connectivity index (χ1v) is 7.46. The van der Waals surface area contributed by atoms with Gasteiger partial charge in [-0.25, -0.2) is 4.79 Å². The van der Waals surface area contributed by atoms with Gasteiger partial charge in [-0.05, 0) is 45.6 Å². The molecule has 2 N–H and O–H groups in total. The van der Waals surface area contributed by atoms with E-state index in [2.05, 4.69) is 5.32 Å². The molecule has 4 nitrogen and oxygen atoms in total. The van der Waals surface area contributed by atoms with Crippen molar-refractivity contribution in [2.24, 2.45) is 5.92 Å². The molecule has 0 unspecified atom stereocenters. The minimum atomic E-state index is -0.492. The zero-order valence-corrected chi connectivity index (χ0v) is 13.2. The quantitative estimate of drug-likeness (QED) is 0.897. The van der Waals surface area contributed by atoms with Crippen molar-refractivity contribution in [2.75, 3.05) is 6.54 Å². The summed E-state index contributed by atoms with van der Waals surface area (Å²) in [4.78, 5) is 11.7. The minimum absolute atomic E-state index is 0.240. The smallest absolute Gasteiger partial charge is 0.407 e. The van der Waals surface area contributed by atoms with Gasteiger partial charge in [-0.15, -0.1) is 0 Å². The first kappa shape index (κ1) is 15.8. The molecule has 1 aliphatic carbocycles. The van der Waals surface area contributed by atoms with Crippen molar-refractivity contribution in [3.63, 3.8) is 0 Å². The lowest BCUT2D eigenvalue weighted by Gasteiger charge is -2.23. The van der Waals surface area contributed by atoms with Crippen LogP contribution in [0.25, 0.3) is 0 Å². The maximum Gasteiger partial charge on any atom is 0.407 e. The molecule has 1 fully saturated rings. The Bertz CT molecular complexity index is 493. The van der Waals surface area contributed by atoms with Crippen molar-refractivity contribution in [2.45, 2.75) is 51.2 Å². The van der Waals surface area contributed by atoms with Gasteiger partial charge in [-0.2, -0.15) is 0 Å². The molecule has 0 radical (unpaired) electrons. The van der Waals surface area contributed by atoms with Crippen LogP contribution < -0.4 is 5.32 Å². The first-order valence-electron chi connectivity index (χ1n) is 7.46. The fourth-order valence-electron chi connectivity index (χ4n) is 2.98. The topological polar surface area (TPSA) is 58.6 Å². The molecular weight excluding hydrogens is 266 g/mol. The van der Waals surface area contributed by atoms with E-state index >= 15 is 0 Å². The molecule has 116 valence electrons. The van der Waals surface area contributed by atoms with E-state index in [1.54, 1.807) is 0 Å². The van der Waals surface area contributed by atoms with E-state index in [-0.39, 0.29) is 11.3 Å². The van der Waals surface area contributed by atoms with Gasteiger partial charge in [0, 0.05) is 12.0 Å². The summed E-state index contributed by atoms with van der Waals surface area (Å²) < 4.78 is 5.24. The number of ether oxygens (including phenoxy) is 1. The van der Waals surface area contributed by atoms with Crippen LogP contribution in [0.3, 0.4) is 0 Å². The van der Waals surface area contributed by atoms with Crippen LogP contribution >= 0.6 is 0 Å². The molecule has 0 saturated heterocycles. The van der Waals surface area contributed by atoms with E-state index in [1.807, 2.05) is 58.0 Å². The van der Waals surface area contributed by atoms with Crippen molar-refractivity contribution in [3.8, 4) is 0 Å². The molecule has 4 heteroatoms. The van der Waals surface area contributed by atoms with Gasteiger partial charge in [0.05, 0.1) is 6.10 Å². The molecule has 0 bridgehead atoms. The maximum absolute atomic E-state index is 11.7. The minimum Gasteiger partial charge on any atom is -0.444 e. The van der Waals surface area contributed by atoms with Gasteiger partial charge in [-0.1, -0.05) is 30.3 Å². The fraction of sp³-hybridized carbons (Fsp3) is 0.588. The van der Waals surface area contributed by atoms with Crippen LogP contribution in [0.4, 0.5) is 4.79 Å². The Morgan fingerprint density at radius 2 is 2.05 bits per heavy atom. The highest BCUT2D eigenvalue weighted by atomic mass is 16.6. The molecule has 0 heterocycles. The molecule has 0 aliphatic heterocycles. The SMILES string of the molecule is C[C@@H](O)[C@@]1(c2ccccc2)C[C@H]1CNC(=O)OC(C)(C)C. The van der Waals surface area contributed by atoms with Crippen molar-refractivity contribution in [1.82, 2.24) is 5.32 Å². The average molecular weight is 291 g/mol. The van der Waals surface area contributed by atoms with Crippen LogP contribution in [0, 0.1) is 5.92 Å². The molecule has 3 atom stereocenters. The highest BCUT2D eigenvalue weighted by Gasteiger charge is 2.58. The number of hydrogen-bond acceptors (Lipinski definition) is 3. The highest BCUT2D eigenvalue weighted by Crippen LogP contribution is 2.56. The second-order valence-electron chi connectivity index (χ2n) is 6.87. The second-order valence-corrected chi connectivity index (χ2v) is 6.87.